The van der Waals surface area contributed by atoms with Gasteiger partial charge in [-0.05, 0) is 0 Å². The molecule has 0 radical (unpaired) electrons. The monoisotopic (exact) mass is 160 g/mol. The molecule has 0 fully saturated rings. The average molecular weight is 160 g/mol. The highest BCUT2D eigenvalue weighted by molar-refractivity contribution is 5.98. The summed E-state index contributed by atoms with van der Waals surface area (Å²) in [6.45, 7) is 0. The smallest absolute Gasteiger partial charge is 0.192 e. The minimum Gasteiger partial charge on any atom is -0.192 e. The first-order valence-electron chi connectivity index (χ1n) is 3.61. The van der Waals surface area contributed by atoms with Crippen LogP contribution in [-0.4, -0.2) is 5.84 Å². The zero-order valence-corrected chi connectivity index (χ0v) is 6.44. The van der Waals surface area contributed by atoms with Crippen molar-refractivity contribution in [2.45, 2.75) is 0 Å². The average Bonchev–Trinajstić information content (AvgIpc) is 2.54. The number of benzene rings is 1. The largest absolute Gasteiger partial charge is 0.241 e. The fraction of sp³-hybridized carbons (Fsp3) is 0. The van der Waals surface area contributed by atoms with Gasteiger partial charge in [-0.1, -0.05) is 47.6 Å². The van der Waals surface area contributed by atoms with Crippen molar-refractivity contribution in [2.24, 2.45) is 15.4 Å². The number of hydrogen-bond acceptors (Lipinski definition) is 3. The van der Waals surface area contributed by atoms with Crippen LogP contribution in [0.4, 0.5) is 0 Å². The Bertz CT molecular complexity index is 328. The molecule has 0 aromatic heterocycles. The predicted octanol–water partition coefficient (Wildman–Crippen LogP) is 0.405. The van der Waals surface area contributed by atoms with Crippen molar-refractivity contribution in [2.75, 3.05) is 0 Å². The van der Waals surface area contributed by atoms with Crippen LogP contribution in [0, 0.1) is 7.05 Å². The van der Waals surface area contributed by atoms with Crippen molar-refractivity contribution in [1.29, 1.82) is 0 Å². The third kappa shape index (κ3) is 1.24. The van der Waals surface area contributed by atoms with Crippen LogP contribution in [0.5, 0.6) is 0 Å². The summed E-state index contributed by atoms with van der Waals surface area (Å²) in [7, 11) is 3.58. The van der Waals surface area contributed by atoms with Crippen LogP contribution >= 0.6 is 0 Å². The standard InChI is InChI=1S/C8H8N4/c1-12-10-8(9-11-12)7-5-3-2-4-6-7/h2-6,12H,1H2. The van der Waals surface area contributed by atoms with E-state index in [9.17, 15) is 0 Å². The molecule has 4 heteroatoms. The molecule has 1 unspecified atom stereocenters. The van der Waals surface area contributed by atoms with Gasteiger partial charge in [-0.2, -0.15) is 5.12 Å². The first-order chi connectivity index (χ1) is 5.86. The van der Waals surface area contributed by atoms with E-state index in [-0.39, 0.29) is 0 Å². The van der Waals surface area contributed by atoms with E-state index in [4.69, 9.17) is 0 Å². The molecule has 0 spiro atoms. The van der Waals surface area contributed by atoms with E-state index in [1.54, 1.807) is 0 Å². The van der Waals surface area contributed by atoms with Gasteiger partial charge in [-0.3, -0.25) is 0 Å². The molecule has 1 aliphatic rings. The molecular weight excluding hydrogens is 152 g/mol. The molecule has 12 heavy (non-hydrogen) atoms. The van der Waals surface area contributed by atoms with Crippen molar-refractivity contribution in [1.82, 2.24) is 0 Å². The van der Waals surface area contributed by atoms with E-state index in [2.05, 4.69) is 22.5 Å². The third-order valence-electron chi connectivity index (χ3n) is 1.53. The highest BCUT2D eigenvalue weighted by Crippen LogP contribution is 2.02. The SMILES string of the molecule is [CH2-][NH+]1N=NC(c2ccccc2)=N1. The molecule has 0 bridgehead atoms. The van der Waals surface area contributed by atoms with Crippen LogP contribution in [0.1, 0.15) is 5.56 Å². The van der Waals surface area contributed by atoms with Gasteiger partial charge in [0.25, 0.3) is 0 Å². The lowest BCUT2D eigenvalue weighted by atomic mass is 10.2. The summed E-state index contributed by atoms with van der Waals surface area (Å²) in [5.74, 6) is 0.639. The zero-order valence-electron chi connectivity index (χ0n) is 6.44. The molecule has 1 aromatic rings. The maximum absolute atomic E-state index is 4.05. The second-order valence-electron chi connectivity index (χ2n) is 2.42. The molecule has 1 atom stereocenters. The van der Waals surface area contributed by atoms with Crippen LogP contribution in [0.3, 0.4) is 0 Å². The van der Waals surface area contributed by atoms with Gasteiger partial charge in [0.15, 0.2) is 0 Å². The summed E-state index contributed by atoms with van der Waals surface area (Å²) in [6, 6.07) is 9.71. The Hall–Kier alpha value is -1.55. The molecule has 1 aliphatic heterocycles. The Morgan fingerprint density at radius 2 is 1.92 bits per heavy atom. The molecule has 0 amide bonds. The summed E-state index contributed by atoms with van der Waals surface area (Å²) in [4.78, 5) is 0. The molecule has 1 aromatic carbocycles. The maximum atomic E-state index is 4.05. The van der Waals surface area contributed by atoms with Crippen molar-refractivity contribution in [3.8, 4) is 0 Å². The van der Waals surface area contributed by atoms with E-state index in [0.717, 1.165) is 5.56 Å². The van der Waals surface area contributed by atoms with E-state index in [0.29, 0.717) is 11.0 Å². The normalized spacial score (nSPS) is 21.1. The predicted molar refractivity (Wildman–Crippen MR) is 44.2 cm³/mol. The lowest BCUT2D eigenvalue weighted by molar-refractivity contribution is -0.868. The Balaban J connectivity index is 2.34. The lowest BCUT2D eigenvalue weighted by Gasteiger charge is -1.94. The number of nitrogens with one attached hydrogen (secondary N) is 1. The highest BCUT2D eigenvalue weighted by Gasteiger charge is 2.10. The number of hydrogen-bond donors (Lipinski definition) is 1. The quantitative estimate of drug-likeness (QED) is 0.578. The molecule has 2 rings (SSSR count). The molecule has 60 valence electrons. The Kier molecular flexibility index (Phi) is 1.68. The van der Waals surface area contributed by atoms with Crippen LogP contribution in [0.15, 0.2) is 45.8 Å². The van der Waals surface area contributed by atoms with Crippen molar-refractivity contribution in [3.05, 3.63) is 42.9 Å². The molecule has 0 saturated heterocycles. The summed E-state index contributed by atoms with van der Waals surface area (Å²) < 4.78 is 0. The highest BCUT2D eigenvalue weighted by atomic mass is 15.7. The summed E-state index contributed by atoms with van der Waals surface area (Å²) in [6.07, 6.45) is 0. The maximum Gasteiger partial charge on any atom is 0.241 e. The number of rotatable bonds is 1. The lowest BCUT2D eigenvalue weighted by Crippen LogP contribution is -2.95. The van der Waals surface area contributed by atoms with Crippen molar-refractivity contribution >= 4 is 5.84 Å². The first-order valence-corrected chi connectivity index (χ1v) is 3.61. The van der Waals surface area contributed by atoms with Crippen LogP contribution in [0.2, 0.25) is 0 Å². The van der Waals surface area contributed by atoms with Crippen molar-refractivity contribution < 1.29 is 5.12 Å². The van der Waals surface area contributed by atoms with Gasteiger partial charge in [-0.15, -0.1) is 0 Å². The fourth-order valence-electron chi connectivity index (χ4n) is 0.982. The van der Waals surface area contributed by atoms with Gasteiger partial charge in [-0.25, -0.2) is 0 Å². The van der Waals surface area contributed by atoms with E-state index in [1.807, 2.05) is 30.3 Å². The van der Waals surface area contributed by atoms with Crippen molar-refractivity contribution in [3.63, 3.8) is 0 Å². The van der Waals surface area contributed by atoms with Crippen LogP contribution < -0.4 is 5.12 Å². The second-order valence-corrected chi connectivity index (χ2v) is 2.42. The zero-order chi connectivity index (χ0) is 8.39. The summed E-state index contributed by atoms with van der Waals surface area (Å²) in [5, 5.41) is 12.1. The molecule has 1 N–H and O–H groups in total. The minimum absolute atomic E-state index is 0.467. The molecule has 4 nitrogen and oxygen atoms in total. The van der Waals surface area contributed by atoms with Gasteiger partial charge in [0.1, 0.15) is 0 Å². The van der Waals surface area contributed by atoms with Crippen LogP contribution in [0.25, 0.3) is 0 Å². The Morgan fingerprint density at radius 1 is 1.17 bits per heavy atom. The van der Waals surface area contributed by atoms with E-state index in [1.165, 1.54) is 0 Å². The Labute approximate surface area is 70.2 Å². The van der Waals surface area contributed by atoms with Gasteiger partial charge in [0, 0.05) is 10.8 Å². The molecule has 0 saturated carbocycles. The van der Waals surface area contributed by atoms with Gasteiger partial charge in [0.05, 0.1) is 0 Å². The third-order valence-corrected chi connectivity index (χ3v) is 1.53. The molecular formula is C8H8N4. The van der Waals surface area contributed by atoms with E-state index < -0.39 is 0 Å². The molecule has 0 aliphatic carbocycles. The summed E-state index contributed by atoms with van der Waals surface area (Å²) >= 11 is 0. The second kappa shape index (κ2) is 2.83. The summed E-state index contributed by atoms with van der Waals surface area (Å²) in [5.41, 5.74) is 0.972. The number of nitrogens with zero attached hydrogens (tertiary/aromatic N) is 3. The topological polar surface area (TPSA) is 41.5 Å². The van der Waals surface area contributed by atoms with Gasteiger partial charge < -0.3 is 0 Å². The fourth-order valence-corrected chi connectivity index (χ4v) is 0.982. The number of quaternary nitrogens is 1. The Morgan fingerprint density at radius 3 is 2.50 bits per heavy atom. The van der Waals surface area contributed by atoms with Gasteiger partial charge >= 0.3 is 0 Å². The van der Waals surface area contributed by atoms with Gasteiger partial charge in [0.2, 0.25) is 5.84 Å². The van der Waals surface area contributed by atoms with Crippen LogP contribution in [-0.2, 0) is 0 Å². The number of amidine groups is 1. The van der Waals surface area contributed by atoms with E-state index >= 15 is 0 Å². The molecule has 1 heterocycles. The first kappa shape index (κ1) is 7.12. The minimum atomic E-state index is 0.467.